The van der Waals surface area contributed by atoms with Crippen molar-refractivity contribution in [1.29, 1.82) is 5.41 Å². The van der Waals surface area contributed by atoms with Gasteiger partial charge in [0.25, 0.3) is 0 Å². The van der Waals surface area contributed by atoms with Crippen LogP contribution in [0.1, 0.15) is 29.5 Å². The first-order chi connectivity index (χ1) is 13.1. The second kappa shape index (κ2) is 5.81. The molecule has 4 aromatic rings. The van der Waals surface area contributed by atoms with Crippen molar-refractivity contribution in [2.45, 2.75) is 25.7 Å². The molecule has 6 heteroatoms. The monoisotopic (exact) mass is 356 g/mol. The maximum Gasteiger partial charge on any atom is 0.125 e. The Labute approximate surface area is 156 Å². The van der Waals surface area contributed by atoms with Crippen LogP contribution < -0.4 is 11.5 Å². The number of H-pyrrole nitrogens is 1. The molecule has 2 heterocycles. The van der Waals surface area contributed by atoms with E-state index in [0.717, 1.165) is 58.7 Å². The van der Waals surface area contributed by atoms with Crippen LogP contribution in [0.3, 0.4) is 0 Å². The highest BCUT2D eigenvalue weighted by Gasteiger charge is 2.23. The fourth-order valence-corrected chi connectivity index (χ4v) is 4.26. The van der Waals surface area contributed by atoms with Crippen molar-refractivity contribution in [2.24, 2.45) is 5.73 Å². The van der Waals surface area contributed by atoms with Crippen LogP contribution in [-0.2, 0) is 12.8 Å². The summed E-state index contributed by atoms with van der Waals surface area (Å²) in [5.74, 6) is 0.000222. The van der Waals surface area contributed by atoms with Gasteiger partial charge in [-0.1, -0.05) is 6.07 Å². The van der Waals surface area contributed by atoms with Crippen molar-refractivity contribution >= 4 is 33.3 Å². The molecule has 0 bridgehead atoms. The summed E-state index contributed by atoms with van der Waals surface area (Å²) < 4.78 is 0. The number of hydrogen-bond acceptors (Lipinski definition) is 4. The normalized spacial score (nSPS) is 13.8. The van der Waals surface area contributed by atoms with Gasteiger partial charge in [-0.2, -0.15) is 5.10 Å². The molecule has 1 aliphatic carbocycles. The average molecular weight is 356 g/mol. The maximum atomic E-state index is 8.03. The Kier molecular flexibility index (Phi) is 3.40. The molecule has 6 nitrogen and oxygen atoms in total. The van der Waals surface area contributed by atoms with E-state index >= 15 is 0 Å². The van der Waals surface area contributed by atoms with Crippen LogP contribution in [-0.4, -0.2) is 21.0 Å². The Morgan fingerprint density at radius 1 is 1.07 bits per heavy atom. The minimum atomic E-state index is 0.000222. The van der Waals surface area contributed by atoms with Gasteiger partial charge < -0.3 is 11.5 Å². The number of aromatic nitrogens is 3. The summed E-state index contributed by atoms with van der Waals surface area (Å²) in [5.41, 5.74) is 19.7. The molecule has 6 N–H and O–H groups in total. The molecule has 0 radical (unpaired) electrons. The van der Waals surface area contributed by atoms with Gasteiger partial charge in [-0.25, -0.2) is 4.98 Å². The van der Waals surface area contributed by atoms with Crippen LogP contribution in [0, 0.1) is 5.41 Å². The molecule has 0 atom stereocenters. The second-order valence-electron chi connectivity index (χ2n) is 7.13. The Balaban J connectivity index is 1.86. The van der Waals surface area contributed by atoms with E-state index < -0.39 is 0 Å². The SMILES string of the molecule is N=C(N)c1c(N)ccc2nc(-c3ccc4[nH]ncc4c3)c3c(c12)CCCC3. The largest absolute Gasteiger partial charge is 0.398 e. The summed E-state index contributed by atoms with van der Waals surface area (Å²) in [5, 5.41) is 17.2. The van der Waals surface area contributed by atoms with Crippen LogP contribution >= 0.6 is 0 Å². The van der Waals surface area contributed by atoms with Crippen LogP contribution in [0.4, 0.5) is 5.69 Å². The van der Waals surface area contributed by atoms with E-state index in [9.17, 15) is 0 Å². The van der Waals surface area contributed by atoms with Gasteiger partial charge in [-0.3, -0.25) is 10.5 Å². The van der Waals surface area contributed by atoms with Gasteiger partial charge in [0, 0.05) is 27.6 Å². The number of rotatable bonds is 2. The highest BCUT2D eigenvalue weighted by atomic mass is 15.1. The number of nitrogen functional groups attached to an aromatic ring is 2. The van der Waals surface area contributed by atoms with Crippen LogP contribution in [0.25, 0.3) is 33.1 Å². The highest BCUT2D eigenvalue weighted by molar-refractivity contribution is 6.12. The van der Waals surface area contributed by atoms with Crippen molar-refractivity contribution < 1.29 is 0 Å². The molecule has 0 fully saturated rings. The number of anilines is 1. The Morgan fingerprint density at radius 2 is 1.89 bits per heavy atom. The van der Waals surface area contributed by atoms with E-state index in [0.29, 0.717) is 11.3 Å². The second-order valence-corrected chi connectivity index (χ2v) is 7.13. The predicted molar refractivity (Wildman–Crippen MR) is 109 cm³/mol. The van der Waals surface area contributed by atoms with E-state index in [4.69, 9.17) is 21.9 Å². The Bertz CT molecular complexity index is 1220. The van der Waals surface area contributed by atoms with Crippen molar-refractivity contribution in [3.63, 3.8) is 0 Å². The lowest BCUT2D eigenvalue weighted by Crippen LogP contribution is -2.17. The lowest BCUT2D eigenvalue weighted by atomic mass is 9.84. The molecule has 1 aliphatic rings. The van der Waals surface area contributed by atoms with Gasteiger partial charge in [0.2, 0.25) is 0 Å². The zero-order valence-corrected chi connectivity index (χ0v) is 14.8. The standard InChI is InChI=1S/C21H20N6/c22-15-6-8-17-18(19(15)21(23)24)13-3-1-2-4-14(13)20(26-17)11-5-7-16-12(9-11)10-25-27-16/h5-10H,1-4,22H2,(H3,23,24)(H,25,27). The first-order valence-corrected chi connectivity index (χ1v) is 9.15. The third kappa shape index (κ3) is 2.37. The van der Waals surface area contributed by atoms with E-state index in [-0.39, 0.29) is 5.84 Å². The molecule has 0 unspecified atom stereocenters. The summed E-state index contributed by atoms with van der Waals surface area (Å²) in [6, 6.07) is 10.00. The number of pyridine rings is 1. The highest BCUT2D eigenvalue weighted by Crippen LogP contribution is 2.38. The summed E-state index contributed by atoms with van der Waals surface area (Å²) in [7, 11) is 0. The molecule has 27 heavy (non-hydrogen) atoms. The molecule has 0 spiro atoms. The minimum absolute atomic E-state index is 0.000222. The summed E-state index contributed by atoms with van der Waals surface area (Å²) in [6.07, 6.45) is 6.03. The summed E-state index contributed by atoms with van der Waals surface area (Å²) in [6.45, 7) is 0. The predicted octanol–water partition coefficient (Wildman–Crippen LogP) is 3.52. The van der Waals surface area contributed by atoms with Crippen LogP contribution in [0.15, 0.2) is 36.5 Å². The average Bonchev–Trinajstić information content (AvgIpc) is 3.15. The molecule has 0 aliphatic heterocycles. The summed E-state index contributed by atoms with van der Waals surface area (Å²) >= 11 is 0. The zero-order valence-electron chi connectivity index (χ0n) is 14.8. The first kappa shape index (κ1) is 15.8. The number of nitrogens with two attached hydrogens (primary N) is 2. The van der Waals surface area contributed by atoms with Crippen molar-refractivity contribution in [3.8, 4) is 11.3 Å². The van der Waals surface area contributed by atoms with Gasteiger partial charge in [-0.05, 0) is 61.1 Å². The maximum absolute atomic E-state index is 8.03. The van der Waals surface area contributed by atoms with E-state index in [1.54, 1.807) is 6.07 Å². The van der Waals surface area contributed by atoms with Crippen molar-refractivity contribution in [3.05, 3.63) is 53.2 Å². The number of hydrogen-bond donors (Lipinski definition) is 4. The number of nitrogens with zero attached hydrogens (tertiary/aromatic N) is 2. The number of aryl methyl sites for hydroxylation is 1. The lowest BCUT2D eigenvalue weighted by molar-refractivity contribution is 0.689. The molecule has 2 aromatic heterocycles. The minimum Gasteiger partial charge on any atom is -0.398 e. The van der Waals surface area contributed by atoms with Gasteiger partial charge in [0.05, 0.1) is 22.9 Å². The Hall–Kier alpha value is -3.41. The third-order valence-corrected chi connectivity index (χ3v) is 5.49. The number of fused-ring (bicyclic) bond motifs is 4. The molecule has 0 amide bonds. The van der Waals surface area contributed by atoms with Gasteiger partial charge in [0.15, 0.2) is 0 Å². The van der Waals surface area contributed by atoms with Crippen LogP contribution in [0.5, 0.6) is 0 Å². The third-order valence-electron chi connectivity index (χ3n) is 5.49. The number of aromatic amines is 1. The molecule has 5 rings (SSSR count). The molecule has 0 saturated heterocycles. The molecular formula is C21H20N6. The first-order valence-electron chi connectivity index (χ1n) is 9.15. The summed E-state index contributed by atoms with van der Waals surface area (Å²) in [4.78, 5) is 5.00. The van der Waals surface area contributed by atoms with Crippen molar-refractivity contribution in [1.82, 2.24) is 15.2 Å². The number of nitrogens with one attached hydrogen (secondary N) is 2. The molecular weight excluding hydrogens is 336 g/mol. The number of benzene rings is 2. The quantitative estimate of drug-likeness (QED) is 0.250. The Morgan fingerprint density at radius 3 is 2.70 bits per heavy atom. The van der Waals surface area contributed by atoms with Gasteiger partial charge in [0.1, 0.15) is 5.84 Å². The fraction of sp³-hybridized carbons (Fsp3) is 0.190. The smallest absolute Gasteiger partial charge is 0.125 e. The van der Waals surface area contributed by atoms with Gasteiger partial charge in [-0.15, -0.1) is 0 Å². The molecule has 2 aromatic carbocycles. The van der Waals surface area contributed by atoms with E-state index in [1.807, 2.05) is 18.3 Å². The number of amidine groups is 1. The van der Waals surface area contributed by atoms with E-state index in [2.05, 4.69) is 22.3 Å². The van der Waals surface area contributed by atoms with E-state index in [1.165, 1.54) is 11.1 Å². The molecule has 0 saturated carbocycles. The fourth-order valence-electron chi connectivity index (χ4n) is 4.26. The van der Waals surface area contributed by atoms with Gasteiger partial charge >= 0.3 is 0 Å². The molecule has 134 valence electrons. The lowest BCUT2D eigenvalue weighted by Gasteiger charge is -2.23. The van der Waals surface area contributed by atoms with Crippen LogP contribution in [0.2, 0.25) is 0 Å². The van der Waals surface area contributed by atoms with Crippen molar-refractivity contribution in [2.75, 3.05) is 5.73 Å². The zero-order chi connectivity index (χ0) is 18.5. The topological polar surface area (TPSA) is 117 Å².